The van der Waals surface area contributed by atoms with Gasteiger partial charge in [-0.2, -0.15) is 0 Å². The minimum atomic E-state index is -0.297. The van der Waals surface area contributed by atoms with E-state index in [9.17, 15) is 9.18 Å². The summed E-state index contributed by atoms with van der Waals surface area (Å²) in [6.07, 6.45) is 3.33. The van der Waals surface area contributed by atoms with Crippen molar-refractivity contribution in [1.29, 1.82) is 0 Å². The van der Waals surface area contributed by atoms with E-state index < -0.39 is 0 Å². The Morgan fingerprint density at radius 1 is 1.29 bits per heavy atom. The molecule has 0 bridgehead atoms. The molecule has 21 heavy (non-hydrogen) atoms. The van der Waals surface area contributed by atoms with Crippen LogP contribution in [-0.4, -0.2) is 43.0 Å². The fourth-order valence-electron chi connectivity index (χ4n) is 2.58. The van der Waals surface area contributed by atoms with Crippen molar-refractivity contribution in [3.05, 3.63) is 30.1 Å². The number of carbonyl (C=O) groups is 1. The Hall–Kier alpha value is -1.46. The maximum absolute atomic E-state index is 12.8. The average Bonchev–Trinajstić information content (AvgIpc) is 2.49. The average molecular weight is 293 g/mol. The number of anilines is 1. The van der Waals surface area contributed by atoms with Crippen LogP contribution in [-0.2, 0) is 4.79 Å². The molecule has 0 saturated carbocycles. The number of hydrogen-bond donors (Lipinski definition) is 2. The van der Waals surface area contributed by atoms with Gasteiger partial charge in [-0.05, 0) is 50.1 Å². The number of nitrogens with one attached hydrogen (secondary N) is 2. The lowest BCUT2D eigenvalue weighted by Gasteiger charge is -2.31. The summed E-state index contributed by atoms with van der Waals surface area (Å²) >= 11 is 0. The number of nitrogens with zero attached hydrogens (tertiary/aromatic N) is 1. The Bertz CT molecular complexity index is 441. The van der Waals surface area contributed by atoms with Crippen molar-refractivity contribution in [1.82, 2.24) is 10.2 Å². The summed E-state index contributed by atoms with van der Waals surface area (Å²) in [6, 6.07) is 6.44. The molecule has 2 N–H and O–H groups in total. The highest BCUT2D eigenvalue weighted by Gasteiger charge is 2.20. The Balaban J connectivity index is 1.70. The summed E-state index contributed by atoms with van der Waals surface area (Å²) in [7, 11) is 0. The van der Waals surface area contributed by atoms with E-state index in [0.29, 0.717) is 18.3 Å². The van der Waals surface area contributed by atoms with Gasteiger partial charge in [-0.3, -0.25) is 9.69 Å². The standard InChI is InChI=1S/C16H24FN3O/c1-2-9-18-14-7-10-20(11-8-14)12-16(21)19-15-5-3-13(17)4-6-15/h3-6,14,18H,2,7-12H2,1H3,(H,19,21). The molecule has 1 aromatic carbocycles. The van der Waals surface area contributed by atoms with Crippen LogP contribution in [0.3, 0.4) is 0 Å². The van der Waals surface area contributed by atoms with Crippen LogP contribution >= 0.6 is 0 Å². The van der Waals surface area contributed by atoms with Crippen LogP contribution in [0.15, 0.2) is 24.3 Å². The van der Waals surface area contributed by atoms with E-state index in [1.54, 1.807) is 12.1 Å². The molecule has 5 heteroatoms. The van der Waals surface area contributed by atoms with Crippen molar-refractivity contribution in [2.75, 3.05) is 31.5 Å². The van der Waals surface area contributed by atoms with Crippen molar-refractivity contribution in [2.24, 2.45) is 0 Å². The normalized spacial score (nSPS) is 16.9. The van der Waals surface area contributed by atoms with Crippen LogP contribution in [0.4, 0.5) is 10.1 Å². The Morgan fingerprint density at radius 3 is 2.57 bits per heavy atom. The SMILES string of the molecule is CCCNC1CCN(CC(=O)Nc2ccc(F)cc2)CC1. The van der Waals surface area contributed by atoms with Gasteiger partial charge in [0.15, 0.2) is 0 Å². The maximum Gasteiger partial charge on any atom is 0.238 e. The molecule has 0 spiro atoms. The third-order valence-electron chi connectivity index (χ3n) is 3.77. The van der Waals surface area contributed by atoms with Gasteiger partial charge in [-0.15, -0.1) is 0 Å². The molecule has 1 fully saturated rings. The summed E-state index contributed by atoms with van der Waals surface area (Å²) in [5.41, 5.74) is 0.640. The van der Waals surface area contributed by atoms with Gasteiger partial charge in [0.25, 0.3) is 0 Å². The van der Waals surface area contributed by atoms with E-state index in [4.69, 9.17) is 0 Å². The second-order valence-electron chi connectivity index (χ2n) is 5.56. The first-order chi connectivity index (χ1) is 10.2. The van der Waals surface area contributed by atoms with Crippen molar-refractivity contribution in [2.45, 2.75) is 32.2 Å². The molecule has 116 valence electrons. The highest BCUT2D eigenvalue weighted by molar-refractivity contribution is 5.92. The smallest absolute Gasteiger partial charge is 0.238 e. The van der Waals surface area contributed by atoms with Crippen molar-refractivity contribution < 1.29 is 9.18 Å². The molecule has 0 atom stereocenters. The lowest BCUT2D eigenvalue weighted by molar-refractivity contribution is -0.117. The number of carbonyl (C=O) groups excluding carboxylic acids is 1. The second kappa shape index (κ2) is 8.10. The Morgan fingerprint density at radius 2 is 1.95 bits per heavy atom. The first-order valence-corrected chi connectivity index (χ1v) is 7.68. The van der Waals surface area contributed by atoms with Gasteiger partial charge in [-0.1, -0.05) is 6.92 Å². The molecule has 4 nitrogen and oxygen atoms in total. The zero-order chi connectivity index (χ0) is 15.1. The summed E-state index contributed by atoms with van der Waals surface area (Å²) in [5, 5.41) is 6.33. The summed E-state index contributed by atoms with van der Waals surface area (Å²) < 4.78 is 12.8. The minimum absolute atomic E-state index is 0.0402. The maximum atomic E-state index is 12.8. The molecule has 0 aromatic heterocycles. The lowest BCUT2D eigenvalue weighted by Crippen LogP contribution is -2.45. The first-order valence-electron chi connectivity index (χ1n) is 7.68. The van der Waals surface area contributed by atoms with Crippen LogP contribution in [0.25, 0.3) is 0 Å². The third-order valence-corrected chi connectivity index (χ3v) is 3.77. The van der Waals surface area contributed by atoms with Gasteiger partial charge in [0.05, 0.1) is 6.54 Å². The molecule has 1 saturated heterocycles. The molecule has 1 aromatic rings. The van der Waals surface area contributed by atoms with Crippen LogP contribution < -0.4 is 10.6 Å². The molecule has 2 rings (SSSR count). The lowest BCUT2D eigenvalue weighted by atomic mass is 10.0. The largest absolute Gasteiger partial charge is 0.325 e. The van der Waals surface area contributed by atoms with Gasteiger partial charge in [0.1, 0.15) is 5.82 Å². The molecular weight excluding hydrogens is 269 g/mol. The third kappa shape index (κ3) is 5.44. The molecule has 1 amide bonds. The van der Waals surface area contributed by atoms with Crippen LogP contribution in [0.5, 0.6) is 0 Å². The zero-order valence-corrected chi connectivity index (χ0v) is 12.6. The number of amides is 1. The number of hydrogen-bond acceptors (Lipinski definition) is 3. The molecule has 0 radical (unpaired) electrons. The highest BCUT2D eigenvalue weighted by atomic mass is 19.1. The molecule has 1 aliphatic heterocycles. The zero-order valence-electron chi connectivity index (χ0n) is 12.6. The minimum Gasteiger partial charge on any atom is -0.325 e. The summed E-state index contributed by atoms with van der Waals surface area (Å²) in [4.78, 5) is 14.1. The first kappa shape index (κ1) is 15.9. The van der Waals surface area contributed by atoms with E-state index >= 15 is 0 Å². The number of halogens is 1. The van der Waals surface area contributed by atoms with E-state index in [0.717, 1.165) is 38.9 Å². The molecule has 1 heterocycles. The van der Waals surface area contributed by atoms with Gasteiger partial charge in [0.2, 0.25) is 5.91 Å². The predicted octanol–water partition coefficient (Wildman–Crippen LogP) is 2.23. The molecule has 0 unspecified atom stereocenters. The van der Waals surface area contributed by atoms with Gasteiger partial charge >= 0.3 is 0 Å². The Kier molecular flexibility index (Phi) is 6.14. The fraction of sp³-hybridized carbons (Fsp3) is 0.562. The van der Waals surface area contributed by atoms with Crippen LogP contribution in [0, 0.1) is 5.82 Å². The van der Waals surface area contributed by atoms with Gasteiger partial charge in [-0.25, -0.2) is 4.39 Å². The van der Waals surface area contributed by atoms with Gasteiger partial charge < -0.3 is 10.6 Å². The fourth-order valence-corrected chi connectivity index (χ4v) is 2.58. The number of likely N-dealkylation sites (tertiary alicyclic amines) is 1. The van der Waals surface area contributed by atoms with Crippen LogP contribution in [0.1, 0.15) is 26.2 Å². The number of piperidine rings is 1. The summed E-state index contributed by atoms with van der Waals surface area (Å²) in [5.74, 6) is -0.337. The summed E-state index contributed by atoms with van der Waals surface area (Å²) in [6.45, 7) is 5.52. The van der Waals surface area contributed by atoms with E-state index in [1.807, 2.05) is 0 Å². The van der Waals surface area contributed by atoms with Crippen molar-refractivity contribution in [3.63, 3.8) is 0 Å². The molecule has 0 aliphatic carbocycles. The Labute approximate surface area is 125 Å². The van der Waals surface area contributed by atoms with E-state index in [-0.39, 0.29) is 11.7 Å². The second-order valence-corrected chi connectivity index (χ2v) is 5.56. The topological polar surface area (TPSA) is 44.4 Å². The van der Waals surface area contributed by atoms with Gasteiger partial charge in [0, 0.05) is 24.8 Å². The van der Waals surface area contributed by atoms with E-state index in [1.165, 1.54) is 12.1 Å². The van der Waals surface area contributed by atoms with Crippen LogP contribution in [0.2, 0.25) is 0 Å². The highest BCUT2D eigenvalue weighted by Crippen LogP contribution is 2.11. The number of rotatable bonds is 6. The van der Waals surface area contributed by atoms with Crippen molar-refractivity contribution >= 4 is 11.6 Å². The predicted molar refractivity (Wildman–Crippen MR) is 82.8 cm³/mol. The molecular formula is C16H24FN3O. The number of benzene rings is 1. The van der Waals surface area contributed by atoms with E-state index in [2.05, 4.69) is 22.5 Å². The monoisotopic (exact) mass is 293 g/mol. The molecule has 1 aliphatic rings. The van der Waals surface area contributed by atoms with Crippen molar-refractivity contribution in [3.8, 4) is 0 Å². The quantitative estimate of drug-likeness (QED) is 0.845.